The molecule has 0 fully saturated rings. The van der Waals surface area contributed by atoms with E-state index in [1.165, 1.54) is 87.6 Å². The predicted molar refractivity (Wildman–Crippen MR) is 331 cm³/mol. The van der Waals surface area contributed by atoms with Crippen LogP contribution in [0.4, 0.5) is 0 Å². The van der Waals surface area contributed by atoms with Crippen LogP contribution in [-0.4, -0.2) is 17.2 Å². The van der Waals surface area contributed by atoms with Crippen LogP contribution >= 0.6 is 31.9 Å². The van der Waals surface area contributed by atoms with Gasteiger partial charge in [-0.1, -0.05) is 281 Å². The minimum Gasteiger partial charge on any atom is -0.423 e. The van der Waals surface area contributed by atoms with Gasteiger partial charge in [0.05, 0.1) is 0 Å². The standard InChI is InChI=1S/C42H28.C14H11BO2.C14H10Br2/c1-3-11-35-33(9-1)27-41(39-15-7-5-13-37(35)39)31-23-19-29(20-24-31)17-18-30-21-25-32(26-22-30)42-28-34-10-2-4-12-36(34)38-14-6-8-16-40(38)42;16-15(17)14-9-10-5-1-2-6-11(10)12-7-3-4-8-13(12)14;15-13-8-6-11(7-9-13)4-5-12-2-1-3-14(16)10-12/h1-28H;1-9,16-17H;1-10H/b18-17+;;5-4+. The molecule has 5 heteroatoms. The Balaban J connectivity index is 0.000000149. The average Bonchev–Trinajstić information content (AvgIpc) is 3.46. The molecule has 0 aliphatic carbocycles. The fraction of sp³-hybridized carbons (Fsp3) is 0. The molecule has 0 unspecified atom stereocenters. The summed E-state index contributed by atoms with van der Waals surface area (Å²) in [5.74, 6) is 0. The second-order valence-electron chi connectivity index (χ2n) is 18.5. The molecule has 358 valence electrons. The highest BCUT2D eigenvalue weighted by atomic mass is 79.9. The minimum absolute atomic E-state index is 0.555. The Bertz CT molecular complexity index is 4060. The Kier molecular flexibility index (Phi) is 14.7. The first-order valence-electron chi connectivity index (χ1n) is 25.0. The summed E-state index contributed by atoms with van der Waals surface area (Å²) in [7, 11) is -1.44. The van der Waals surface area contributed by atoms with Gasteiger partial charge in [0.2, 0.25) is 0 Å². The average molecular weight is 1090 g/mol. The van der Waals surface area contributed by atoms with E-state index in [4.69, 9.17) is 0 Å². The summed E-state index contributed by atoms with van der Waals surface area (Å²) in [5.41, 5.74) is 10.3. The first kappa shape index (κ1) is 49.1. The third-order valence-electron chi connectivity index (χ3n) is 13.7. The fourth-order valence-electron chi connectivity index (χ4n) is 10.00. The fourth-order valence-corrected chi connectivity index (χ4v) is 10.7. The number of benzene rings is 13. The smallest absolute Gasteiger partial charge is 0.423 e. The van der Waals surface area contributed by atoms with Gasteiger partial charge >= 0.3 is 7.12 Å². The molecule has 0 atom stereocenters. The molecule has 0 radical (unpaired) electrons. The van der Waals surface area contributed by atoms with Crippen LogP contribution in [0.5, 0.6) is 0 Å². The second-order valence-corrected chi connectivity index (χ2v) is 20.3. The van der Waals surface area contributed by atoms with Crippen LogP contribution in [0, 0.1) is 0 Å². The van der Waals surface area contributed by atoms with E-state index in [1.807, 2.05) is 78.9 Å². The normalized spacial score (nSPS) is 11.4. The lowest BCUT2D eigenvalue weighted by Crippen LogP contribution is -2.30. The minimum atomic E-state index is -1.44. The van der Waals surface area contributed by atoms with E-state index in [2.05, 4.69) is 238 Å². The molecular weight excluding hydrogens is 1040 g/mol. The number of halogens is 2. The summed E-state index contributed by atoms with van der Waals surface area (Å²) in [4.78, 5) is 0. The van der Waals surface area contributed by atoms with Gasteiger partial charge in [-0.2, -0.15) is 0 Å². The van der Waals surface area contributed by atoms with Crippen molar-refractivity contribution in [3.05, 3.63) is 292 Å². The van der Waals surface area contributed by atoms with Crippen molar-refractivity contribution in [1.82, 2.24) is 0 Å². The highest BCUT2D eigenvalue weighted by molar-refractivity contribution is 9.10. The third kappa shape index (κ3) is 11.1. The number of hydrogen-bond donors (Lipinski definition) is 2. The summed E-state index contributed by atoms with van der Waals surface area (Å²) < 4.78 is 2.21. The first-order chi connectivity index (χ1) is 36.8. The van der Waals surface area contributed by atoms with Gasteiger partial charge in [0, 0.05) is 8.95 Å². The molecule has 13 aromatic carbocycles. The van der Waals surface area contributed by atoms with Crippen LogP contribution in [0.2, 0.25) is 0 Å². The van der Waals surface area contributed by atoms with Crippen molar-refractivity contribution in [1.29, 1.82) is 0 Å². The molecule has 13 aromatic rings. The maximum atomic E-state index is 9.44. The van der Waals surface area contributed by atoms with Gasteiger partial charge in [-0.15, -0.1) is 0 Å². The van der Waals surface area contributed by atoms with Crippen LogP contribution in [-0.2, 0) is 0 Å². The van der Waals surface area contributed by atoms with E-state index < -0.39 is 7.12 Å². The van der Waals surface area contributed by atoms with E-state index in [-0.39, 0.29) is 0 Å². The molecule has 0 saturated carbocycles. The summed E-state index contributed by atoms with van der Waals surface area (Å²) in [6, 6.07) is 91.3. The van der Waals surface area contributed by atoms with Crippen molar-refractivity contribution >= 4 is 133 Å². The third-order valence-corrected chi connectivity index (χ3v) is 14.7. The number of hydrogen-bond acceptors (Lipinski definition) is 2. The van der Waals surface area contributed by atoms with Gasteiger partial charge in [0.15, 0.2) is 0 Å². The lowest BCUT2D eigenvalue weighted by atomic mass is 9.76. The monoisotopic (exact) mass is 1090 g/mol. The van der Waals surface area contributed by atoms with Gasteiger partial charge in [0.1, 0.15) is 0 Å². The molecule has 0 spiro atoms. The van der Waals surface area contributed by atoms with Crippen molar-refractivity contribution in [2.75, 3.05) is 0 Å². The van der Waals surface area contributed by atoms with Gasteiger partial charge in [0.25, 0.3) is 0 Å². The summed E-state index contributed by atoms with van der Waals surface area (Å²) >= 11 is 6.88. The van der Waals surface area contributed by atoms with Crippen LogP contribution in [0.1, 0.15) is 22.3 Å². The van der Waals surface area contributed by atoms with Gasteiger partial charge in [-0.05, 0) is 151 Å². The maximum Gasteiger partial charge on any atom is 0.489 e. The van der Waals surface area contributed by atoms with E-state index in [0.29, 0.717) is 5.46 Å². The zero-order chi connectivity index (χ0) is 51.1. The zero-order valence-electron chi connectivity index (χ0n) is 40.9. The van der Waals surface area contributed by atoms with Gasteiger partial charge < -0.3 is 10.0 Å². The summed E-state index contributed by atoms with van der Waals surface area (Å²) in [6.07, 6.45) is 8.60. The zero-order valence-corrected chi connectivity index (χ0v) is 44.0. The predicted octanol–water partition coefficient (Wildman–Crippen LogP) is 18.9. The van der Waals surface area contributed by atoms with Crippen molar-refractivity contribution in [2.45, 2.75) is 0 Å². The molecule has 0 aliphatic rings. The highest BCUT2D eigenvalue weighted by Crippen LogP contribution is 2.37. The Morgan fingerprint density at radius 3 is 1.04 bits per heavy atom. The Morgan fingerprint density at radius 1 is 0.267 bits per heavy atom. The lowest BCUT2D eigenvalue weighted by Gasteiger charge is -2.11. The molecule has 2 nitrogen and oxygen atoms in total. The molecule has 0 saturated heterocycles. The maximum absolute atomic E-state index is 9.44. The van der Waals surface area contributed by atoms with E-state index in [0.717, 1.165) is 30.5 Å². The Morgan fingerprint density at radius 2 is 0.613 bits per heavy atom. The number of fused-ring (bicyclic) bond motifs is 9. The summed E-state index contributed by atoms with van der Waals surface area (Å²) in [6.45, 7) is 0. The topological polar surface area (TPSA) is 40.5 Å². The van der Waals surface area contributed by atoms with E-state index in [1.54, 1.807) is 0 Å². The molecular formula is C70H49BBr2O2. The Hall–Kier alpha value is -8.16. The van der Waals surface area contributed by atoms with Crippen molar-refractivity contribution < 1.29 is 10.0 Å². The SMILES string of the molecule is Brc1ccc(/C=C/c2cccc(Br)c2)cc1.C(=C\c1ccc(-c2cc3ccccc3c3ccccc23)cc1)/c1ccc(-c2cc3ccccc3c3ccccc23)cc1.OB(O)c1cc2ccccc2c2ccccc12. The van der Waals surface area contributed by atoms with E-state index >= 15 is 0 Å². The van der Waals surface area contributed by atoms with Crippen LogP contribution in [0.3, 0.4) is 0 Å². The molecule has 0 bridgehead atoms. The second kappa shape index (κ2) is 22.5. The van der Waals surface area contributed by atoms with E-state index in [9.17, 15) is 10.0 Å². The quantitative estimate of drug-likeness (QED) is 0.0949. The van der Waals surface area contributed by atoms with Crippen molar-refractivity contribution in [2.24, 2.45) is 0 Å². The van der Waals surface area contributed by atoms with Crippen molar-refractivity contribution in [3.63, 3.8) is 0 Å². The Labute approximate surface area is 454 Å². The summed E-state index contributed by atoms with van der Waals surface area (Å²) in [5, 5.41) is 33.3. The van der Waals surface area contributed by atoms with Gasteiger partial charge in [-0.3, -0.25) is 0 Å². The molecule has 13 rings (SSSR count). The van der Waals surface area contributed by atoms with Crippen LogP contribution < -0.4 is 5.46 Å². The van der Waals surface area contributed by atoms with Gasteiger partial charge in [-0.25, -0.2) is 0 Å². The van der Waals surface area contributed by atoms with Crippen LogP contribution in [0.15, 0.2) is 270 Å². The molecule has 0 aromatic heterocycles. The molecule has 75 heavy (non-hydrogen) atoms. The first-order valence-corrected chi connectivity index (χ1v) is 26.6. The highest BCUT2D eigenvalue weighted by Gasteiger charge is 2.16. The van der Waals surface area contributed by atoms with Crippen LogP contribution in [0.25, 0.3) is 111 Å². The molecule has 0 heterocycles. The molecule has 0 aliphatic heterocycles. The lowest BCUT2D eigenvalue weighted by molar-refractivity contribution is 0.426. The number of rotatable bonds is 7. The molecule has 0 amide bonds. The largest absolute Gasteiger partial charge is 0.489 e. The molecule has 2 N–H and O–H groups in total. The van der Waals surface area contributed by atoms with Crippen molar-refractivity contribution in [3.8, 4) is 22.3 Å².